The average molecular weight is 395 g/mol. The van der Waals surface area contributed by atoms with Crippen LogP contribution in [0.2, 0.25) is 0 Å². The highest BCUT2D eigenvalue weighted by Crippen LogP contribution is 2.25. The number of rotatable bonds is 3. The molecule has 152 valence electrons. The van der Waals surface area contributed by atoms with Gasteiger partial charge in [0.05, 0.1) is 11.2 Å². The Morgan fingerprint density at radius 1 is 1.24 bits per heavy atom. The first kappa shape index (κ1) is 19.2. The fraction of sp³-hybridized carbons (Fsp3) is 0.429. The number of pyridine rings is 1. The summed E-state index contributed by atoms with van der Waals surface area (Å²) in [5.74, 6) is -0.140. The van der Waals surface area contributed by atoms with Crippen molar-refractivity contribution in [1.82, 2.24) is 24.2 Å². The van der Waals surface area contributed by atoms with E-state index >= 15 is 0 Å². The second kappa shape index (κ2) is 7.02. The van der Waals surface area contributed by atoms with Gasteiger partial charge in [0, 0.05) is 32.7 Å². The largest absolute Gasteiger partial charge is 0.364 e. The normalized spacial score (nSPS) is 15.0. The number of hydrogen-bond acceptors (Lipinski definition) is 5. The van der Waals surface area contributed by atoms with E-state index in [2.05, 4.69) is 25.9 Å². The molecule has 29 heavy (non-hydrogen) atoms. The Morgan fingerprint density at radius 2 is 2.03 bits per heavy atom. The van der Waals surface area contributed by atoms with Crippen LogP contribution in [0.3, 0.4) is 0 Å². The highest BCUT2D eigenvalue weighted by atomic mass is 16.5. The standard InChI is InChI=1S/C21H25N5O3/c1-21(2,3)13-26-17-6-5-15(22-18(17)24(4)20(26)28)14-7-10-25(11-8-14)19(27)16-9-12-29-23-16/h5-7,9,12H,8,10-11,13H2,1-4H3. The summed E-state index contributed by atoms with van der Waals surface area (Å²) >= 11 is 0. The summed E-state index contributed by atoms with van der Waals surface area (Å²) in [5.41, 5.74) is 3.69. The molecule has 8 nitrogen and oxygen atoms in total. The predicted octanol–water partition coefficient (Wildman–Crippen LogP) is 2.70. The van der Waals surface area contributed by atoms with Gasteiger partial charge in [-0.15, -0.1) is 0 Å². The summed E-state index contributed by atoms with van der Waals surface area (Å²) in [6, 6.07) is 5.50. The van der Waals surface area contributed by atoms with Gasteiger partial charge in [-0.2, -0.15) is 0 Å². The van der Waals surface area contributed by atoms with Gasteiger partial charge in [-0.25, -0.2) is 9.78 Å². The lowest BCUT2D eigenvalue weighted by atomic mass is 9.97. The van der Waals surface area contributed by atoms with Gasteiger partial charge in [-0.3, -0.25) is 13.9 Å². The number of aromatic nitrogens is 4. The number of carbonyl (C=O) groups excluding carboxylic acids is 1. The Kier molecular flexibility index (Phi) is 4.64. The van der Waals surface area contributed by atoms with E-state index in [-0.39, 0.29) is 17.0 Å². The van der Waals surface area contributed by atoms with Gasteiger partial charge in [0.2, 0.25) is 0 Å². The van der Waals surface area contributed by atoms with E-state index in [1.807, 2.05) is 18.2 Å². The summed E-state index contributed by atoms with van der Waals surface area (Å²) in [5, 5.41) is 3.71. The quantitative estimate of drug-likeness (QED) is 0.681. The van der Waals surface area contributed by atoms with E-state index in [1.165, 1.54) is 6.26 Å². The highest BCUT2D eigenvalue weighted by Gasteiger charge is 2.23. The van der Waals surface area contributed by atoms with Gasteiger partial charge in [0.15, 0.2) is 11.3 Å². The molecule has 8 heteroatoms. The van der Waals surface area contributed by atoms with Crippen molar-refractivity contribution in [3.05, 3.63) is 52.4 Å². The zero-order valence-electron chi connectivity index (χ0n) is 17.2. The summed E-state index contributed by atoms with van der Waals surface area (Å²) in [6.45, 7) is 8.04. The highest BCUT2D eigenvalue weighted by molar-refractivity contribution is 5.92. The zero-order chi connectivity index (χ0) is 20.8. The van der Waals surface area contributed by atoms with Crippen molar-refractivity contribution in [1.29, 1.82) is 0 Å². The molecule has 3 aromatic rings. The predicted molar refractivity (Wildman–Crippen MR) is 109 cm³/mol. The maximum atomic E-state index is 12.7. The van der Waals surface area contributed by atoms with Crippen LogP contribution in [0.15, 0.2) is 39.9 Å². The van der Waals surface area contributed by atoms with Crippen LogP contribution in [0.25, 0.3) is 16.7 Å². The van der Waals surface area contributed by atoms with E-state index in [9.17, 15) is 9.59 Å². The van der Waals surface area contributed by atoms with Gasteiger partial charge in [0.1, 0.15) is 6.26 Å². The molecule has 1 aliphatic rings. The number of amides is 1. The first-order valence-electron chi connectivity index (χ1n) is 9.70. The molecule has 4 rings (SSSR count). The lowest BCUT2D eigenvalue weighted by Gasteiger charge is -2.25. The molecule has 0 bridgehead atoms. The van der Waals surface area contributed by atoms with Crippen LogP contribution in [-0.2, 0) is 13.6 Å². The third-order valence-corrected chi connectivity index (χ3v) is 5.10. The molecule has 0 fully saturated rings. The van der Waals surface area contributed by atoms with Crippen LogP contribution in [-0.4, -0.2) is 43.2 Å². The maximum Gasteiger partial charge on any atom is 0.330 e. The summed E-state index contributed by atoms with van der Waals surface area (Å²) in [7, 11) is 1.76. The molecule has 0 saturated carbocycles. The van der Waals surface area contributed by atoms with Crippen LogP contribution in [0.1, 0.15) is 43.4 Å². The Hall–Kier alpha value is -3.16. The molecule has 0 atom stereocenters. The minimum atomic E-state index is -0.140. The average Bonchev–Trinajstić information content (AvgIpc) is 3.31. The topological polar surface area (TPSA) is 86.2 Å². The van der Waals surface area contributed by atoms with Crippen LogP contribution >= 0.6 is 0 Å². The van der Waals surface area contributed by atoms with E-state index in [4.69, 9.17) is 9.51 Å². The van der Waals surface area contributed by atoms with E-state index < -0.39 is 0 Å². The molecule has 0 unspecified atom stereocenters. The second-order valence-corrected chi connectivity index (χ2v) is 8.64. The lowest BCUT2D eigenvalue weighted by Crippen LogP contribution is -2.34. The number of fused-ring (bicyclic) bond motifs is 1. The van der Waals surface area contributed by atoms with Gasteiger partial charge >= 0.3 is 5.69 Å². The number of imidazole rings is 1. The van der Waals surface area contributed by atoms with E-state index in [0.29, 0.717) is 37.4 Å². The Bertz CT molecular complexity index is 1150. The fourth-order valence-corrected chi connectivity index (χ4v) is 3.65. The smallest absolute Gasteiger partial charge is 0.330 e. The van der Waals surface area contributed by atoms with Crippen LogP contribution < -0.4 is 5.69 Å². The molecular formula is C21H25N5O3. The maximum absolute atomic E-state index is 12.7. The number of aryl methyl sites for hydroxylation is 1. The van der Waals surface area contributed by atoms with Crippen molar-refractivity contribution in [3.63, 3.8) is 0 Å². The first-order valence-corrected chi connectivity index (χ1v) is 9.70. The molecule has 3 aromatic heterocycles. The molecule has 0 radical (unpaired) electrons. The van der Waals surface area contributed by atoms with Crippen molar-refractivity contribution in [2.45, 2.75) is 33.7 Å². The minimum Gasteiger partial charge on any atom is -0.364 e. The van der Waals surface area contributed by atoms with Crippen molar-refractivity contribution in [3.8, 4) is 0 Å². The molecule has 4 heterocycles. The van der Waals surface area contributed by atoms with Crippen molar-refractivity contribution >= 4 is 22.6 Å². The van der Waals surface area contributed by atoms with E-state index in [0.717, 1.165) is 16.8 Å². The Balaban J connectivity index is 1.61. The molecular weight excluding hydrogens is 370 g/mol. The minimum absolute atomic E-state index is 0.0114. The fourth-order valence-electron chi connectivity index (χ4n) is 3.65. The molecule has 0 spiro atoms. The van der Waals surface area contributed by atoms with E-state index in [1.54, 1.807) is 27.1 Å². The zero-order valence-corrected chi connectivity index (χ0v) is 17.2. The molecule has 1 amide bonds. The third kappa shape index (κ3) is 3.62. The van der Waals surface area contributed by atoms with Crippen molar-refractivity contribution in [2.24, 2.45) is 12.5 Å². The Morgan fingerprint density at radius 3 is 2.66 bits per heavy atom. The molecule has 0 saturated heterocycles. The van der Waals surface area contributed by atoms with Crippen molar-refractivity contribution < 1.29 is 9.32 Å². The van der Waals surface area contributed by atoms with Crippen LogP contribution in [0.4, 0.5) is 0 Å². The SMILES string of the molecule is Cn1c(=O)n(CC(C)(C)C)c2ccc(C3=CCN(C(=O)c4ccon4)CC3)nc21. The monoisotopic (exact) mass is 395 g/mol. The van der Waals surface area contributed by atoms with Crippen LogP contribution in [0, 0.1) is 5.41 Å². The first-order chi connectivity index (χ1) is 13.7. The third-order valence-electron chi connectivity index (χ3n) is 5.10. The lowest BCUT2D eigenvalue weighted by molar-refractivity contribution is 0.0762. The number of hydrogen-bond donors (Lipinski definition) is 0. The summed E-state index contributed by atoms with van der Waals surface area (Å²) < 4.78 is 8.15. The summed E-state index contributed by atoms with van der Waals surface area (Å²) in [4.78, 5) is 31.6. The van der Waals surface area contributed by atoms with Gasteiger partial charge in [0.25, 0.3) is 5.91 Å². The molecule has 0 N–H and O–H groups in total. The number of carbonyl (C=O) groups is 1. The van der Waals surface area contributed by atoms with Gasteiger partial charge in [-0.05, 0) is 29.5 Å². The Labute approximate surface area is 168 Å². The second-order valence-electron chi connectivity index (χ2n) is 8.64. The van der Waals surface area contributed by atoms with Crippen molar-refractivity contribution in [2.75, 3.05) is 13.1 Å². The number of nitrogens with zero attached hydrogens (tertiary/aromatic N) is 5. The molecule has 0 aliphatic carbocycles. The van der Waals surface area contributed by atoms with Crippen LogP contribution in [0.5, 0.6) is 0 Å². The molecule has 0 aromatic carbocycles. The van der Waals surface area contributed by atoms with Gasteiger partial charge < -0.3 is 9.42 Å². The van der Waals surface area contributed by atoms with Gasteiger partial charge in [-0.1, -0.05) is 32.0 Å². The summed E-state index contributed by atoms with van der Waals surface area (Å²) in [6.07, 6.45) is 4.10. The molecule has 1 aliphatic heterocycles.